The summed E-state index contributed by atoms with van der Waals surface area (Å²) in [5, 5.41) is 3.18. The normalized spacial score (nSPS) is 15.5. The topological polar surface area (TPSA) is 58.2 Å². The van der Waals surface area contributed by atoms with Crippen molar-refractivity contribution in [1.82, 2.24) is 4.72 Å². The minimum Gasteiger partial charge on any atom is -0.384 e. The van der Waals surface area contributed by atoms with Crippen molar-refractivity contribution in [2.24, 2.45) is 0 Å². The van der Waals surface area contributed by atoms with Crippen molar-refractivity contribution in [2.45, 2.75) is 37.6 Å². The van der Waals surface area contributed by atoms with Crippen molar-refractivity contribution in [3.05, 3.63) is 23.8 Å². The van der Waals surface area contributed by atoms with Gasteiger partial charge in [0.1, 0.15) is 0 Å². The Bertz CT molecular complexity index is 530. The van der Waals surface area contributed by atoms with E-state index in [-0.39, 0.29) is 0 Å². The molecule has 1 aromatic rings. The molecule has 0 aliphatic carbocycles. The van der Waals surface area contributed by atoms with E-state index in [2.05, 4.69) is 10.0 Å². The van der Waals surface area contributed by atoms with E-state index in [1.807, 2.05) is 26.8 Å². The molecule has 0 aromatic heterocycles. The molecule has 0 amide bonds. The number of benzene rings is 1. The van der Waals surface area contributed by atoms with Gasteiger partial charge in [0.05, 0.1) is 4.90 Å². The molecule has 0 unspecified atom stereocenters. The largest absolute Gasteiger partial charge is 0.384 e. The molecule has 0 bridgehead atoms. The second-order valence-corrected chi connectivity index (χ2v) is 7.03. The number of hydrogen-bond acceptors (Lipinski definition) is 3. The molecule has 5 heteroatoms. The summed E-state index contributed by atoms with van der Waals surface area (Å²) in [6, 6.07) is 5.25. The maximum Gasteiger partial charge on any atom is 0.241 e. The van der Waals surface area contributed by atoms with Gasteiger partial charge in [-0.15, -0.1) is 0 Å². The molecule has 17 heavy (non-hydrogen) atoms. The number of nitrogens with one attached hydrogen (secondary N) is 2. The van der Waals surface area contributed by atoms with Gasteiger partial charge in [0.2, 0.25) is 10.0 Å². The summed E-state index contributed by atoms with van der Waals surface area (Å²) < 4.78 is 26.9. The molecule has 1 aromatic carbocycles. The SMILES string of the molecule is CC(C)(C)NS(=O)(=O)c1ccc2c(c1)NCC2. The van der Waals surface area contributed by atoms with E-state index in [1.165, 1.54) is 5.56 Å². The fraction of sp³-hybridized carbons (Fsp3) is 0.500. The van der Waals surface area contributed by atoms with Crippen LogP contribution in [0.4, 0.5) is 5.69 Å². The highest BCUT2D eigenvalue weighted by atomic mass is 32.2. The van der Waals surface area contributed by atoms with E-state index >= 15 is 0 Å². The molecule has 1 aliphatic rings. The van der Waals surface area contributed by atoms with Gasteiger partial charge in [-0.05, 0) is 44.9 Å². The highest BCUT2D eigenvalue weighted by Gasteiger charge is 2.23. The smallest absolute Gasteiger partial charge is 0.241 e. The molecule has 2 rings (SSSR count). The van der Waals surface area contributed by atoms with Gasteiger partial charge in [0, 0.05) is 17.8 Å². The lowest BCUT2D eigenvalue weighted by Crippen LogP contribution is -2.40. The number of anilines is 1. The Morgan fingerprint density at radius 2 is 2.00 bits per heavy atom. The van der Waals surface area contributed by atoms with Crippen molar-refractivity contribution >= 4 is 15.7 Å². The lowest BCUT2D eigenvalue weighted by Gasteiger charge is -2.20. The zero-order chi connectivity index (χ0) is 12.7. The molecular weight excluding hydrogens is 236 g/mol. The first-order chi connectivity index (χ1) is 7.78. The van der Waals surface area contributed by atoms with E-state index in [9.17, 15) is 8.42 Å². The molecule has 0 atom stereocenters. The zero-order valence-corrected chi connectivity index (χ0v) is 11.2. The summed E-state index contributed by atoms with van der Waals surface area (Å²) in [5.74, 6) is 0. The maximum atomic E-state index is 12.1. The van der Waals surface area contributed by atoms with Crippen LogP contribution < -0.4 is 10.0 Å². The molecule has 0 radical (unpaired) electrons. The molecule has 1 heterocycles. The average molecular weight is 254 g/mol. The van der Waals surface area contributed by atoms with Gasteiger partial charge >= 0.3 is 0 Å². The monoisotopic (exact) mass is 254 g/mol. The van der Waals surface area contributed by atoms with E-state index in [1.54, 1.807) is 12.1 Å². The Kier molecular flexibility index (Phi) is 2.91. The minimum absolute atomic E-state index is 0.320. The van der Waals surface area contributed by atoms with E-state index in [0.29, 0.717) is 4.90 Å². The predicted octanol–water partition coefficient (Wildman–Crippen LogP) is 1.73. The van der Waals surface area contributed by atoms with Crippen molar-refractivity contribution in [2.75, 3.05) is 11.9 Å². The molecule has 0 saturated heterocycles. The van der Waals surface area contributed by atoms with Gasteiger partial charge in [-0.3, -0.25) is 0 Å². The highest BCUT2D eigenvalue weighted by molar-refractivity contribution is 7.89. The maximum absolute atomic E-state index is 12.1. The zero-order valence-electron chi connectivity index (χ0n) is 10.4. The first-order valence-electron chi connectivity index (χ1n) is 5.69. The summed E-state index contributed by atoms with van der Waals surface area (Å²) in [6.45, 7) is 6.37. The van der Waals surface area contributed by atoms with Crippen LogP contribution in [-0.4, -0.2) is 20.5 Å². The van der Waals surface area contributed by atoms with Crippen molar-refractivity contribution in [3.8, 4) is 0 Å². The highest BCUT2D eigenvalue weighted by Crippen LogP contribution is 2.25. The van der Waals surface area contributed by atoms with Crippen LogP contribution in [0.5, 0.6) is 0 Å². The van der Waals surface area contributed by atoms with Gasteiger partial charge < -0.3 is 5.32 Å². The molecule has 4 nitrogen and oxygen atoms in total. The van der Waals surface area contributed by atoms with Gasteiger partial charge in [-0.25, -0.2) is 13.1 Å². The number of sulfonamides is 1. The molecule has 0 spiro atoms. The predicted molar refractivity (Wildman–Crippen MR) is 68.7 cm³/mol. The lowest BCUT2D eigenvalue weighted by molar-refractivity contribution is 0.491. The van der Waals surface area contributed by atoms with Crippen LogP contribution in [0.15, 0.2) is 23.1 Å². The van der Waals surface area contributed by atoms with Crippen LogP contribution in [0.1, 0.15) is 26.3 Å². The van der Waals surface area contributed by atoms with Gasteiger partial charge in [0.15, 0.2) is 0 Å². The van der Waals surface area contributed by atoms with Crippen molar-refractivity contribution < 1.29 is 8.42 Å². The fourth-order valence-electron chi connectivity index (χ4n) is 1.90. The molecular formula is C12H18N2O2S. The first kappa shape index (κ1) is 12.4. The quantitative estimate of drug-likeness (QED) is 0.845. The Labute approximate surface area is 102 Å². The Hall–Kier alpha value is -1.07. The minimum atomic E-state index is -3.43. The van der Waals surface area contributed by atoms with Crippen molar-refractivity contribution in [1.29, 1.82) is 0 Å². The van der Waals surface area contributed by atoms with Crippen LogP contribution in [-0.2, 0) is 16.4 Å². The Balaban J connectivity index is 2.34. The summed E-state index contributed by atoms with van der Waals surface area (Å²) in [4.78, 5) is 0.320. The summed E-state index contributed by atoms with van der Waals surface area (Å²) in [7, 11) is -3.43. The van der Waals surface area contributed by atoms with Crippen molar-refractivity contribution in [3.63, 3.8) is 0 Å². The molecule has 0 saturated carbocycles. The van der Waals surface area contributed by atoms with Crippen LogP contribution in [0.3, 0.4) is 0 Å². The van der Waals surface area contributed by atoms with Crippen LogP contribution in [0, 0.1) is 0 Å². The van der Waals surface area contributed by atoms with E-state index in [0.717, 1.165) is 18.7 Å². The van der Waals surface area contributed by atoms with Crippen LogP contribution in [0.25, 0.3) is 0 Å². The molecule has 94 valence electrons. The van der Waals surface area contributed by atoms with Gasteiger partial charge in [-0.2, -0.15) is 0 Å². The third kappa shape index (κ3) is 2.79. The lowest BCUT2D eigenvalue weighted by atomic mass is 10.1. The molecule has 0 fully saturated rings. The van der Waals surface area contributed by atoms with Gasteiger partial charge in [-0.1, -0.05) is 6.07 Å². The summed E-state index contributed by atoms with van der Waals surface area (Å²) in [5.41, 5.74) is 1.65. The van der Waals surface area contributed by atoms with E-state index in [4.69, 9.17) is 0 Å². The van der Waals surface area contributed by atoms with Crippen LogP contribution >= 0.6 is 0 Å². The molecule has 2 N–H and O–H groups in total. The van der Waals surface area contributed by atoms with Gasteiger partial charge in [0.25, 0.3) is 0 Å². The first-order valence-corrected chi connectivity index (χ1v) is 7.17. The number of rotatable bonds is 2. The number of hydrogen-bond donors (Lipinski definition) is 2. The second kappa shape index (κ2) is 3.99. The number of fused-ring (bicyclic) bond motifs is 1. The Morgan fingerprint density at radius 1 is 1.29 bits per heavy atom. The van der Waals surface area contributed by atoms with E-state index < -0.39 is 15.6 Å². The Morgan fingerprint density at radius 3 is 2.65 bits per heavy atom. The summed E-state index contributed by atoms with van der Waals surface area (Å²) in [6.07, 6.45) is 0.961. The fourth-order valence-corrected chi connectivity index (χ4v) is 3.34. The standard InChI is InChI=1S/C12H18N2O2S/c1-12(2,3)14-17(15,16)10-5-4-9-6-7-13-11(9)8-10/h4-5,8,13-14H,6-7H2,1-3H3. The second-order valence-electron chi connectivity index (χ2n) is 5.35. The third-order valence-corrected chi connectivity index (χ3v) is 4.30. The van der Waals surface area contributed by atoms with Crippen LogP contribution in [0.2, 0.25) is 0 Å². The molecule has 1 aliphatic heterocycles. The summed E-state index contributed by atoms with van der Waals surface area (Å²) >= 11 is 0. The average Bonchev–Trinajstić information content (AvgIpc) is 2.59. The third-order valence-electron chi connectivity index (χ3n) is 2.54.